The van der Waals surface area contributed by atoms with E-state index in [0.717, 1.165) is 16.4 Å². The van der Waals surface area contributed by atoms with E-state index < -0.39 is 10.0 Å². The first kappa shape index (κ1) is 16.9. The molecule has 108 valence electrons. The normalized spacial score (nSPS) is 13.4. The van der Waals surface area contributed by atoms with Crippen LogP contribution in [0.15, 0.2) is 29.2 Å². The van der Waals surface area contributed by atoms with Gasteiger partial charge in [-0.1, -0.05) is 13.3 Å². The van der Waals surface area contributed by atoms with Crippen LogP contribution in [0.5, 0.6) is 0 Å². The lowest BCUT2D eigenvalue weighted by molar-refractivity contribution is 0.251. The molecule has 0 heterocycles. The van der Waals surface area contributed by atoms with E-state index in [1.807, 2.05) is 0 Å². The van der Waals surface area contributed by atoms with Gasteiger partial charge in [0.25, 0.3) is 0 Å². The topological polar surface area (TPSA) is 66.4 Å². The molecule has 1 unspecified atom stereocenters. The first-order chi connectivity index (χ1) is 8.99. The maximum Gasteiger partial charge on any atom is 0.240 e. The second-order valence-electron chi connectivity index (χ2n) is 4.47. The van der Waals surface area contributed by atoms with Gasteiger partial charge in [-0.2, -0.15) is 0 Å². The van der Waals surface area contributed by atoms with Crippen molar-refractivity contribution in [1.82, 2.24) is 4.72 Å². The van der Waals surface area contributed by atoms with E-state index >= 15 is 0 Å². The molecule has 0 saturated carbocycles. The molecule has 1 aromatic rings. The number of nitrogens with one attached hydrogen (secondary N) is 1. The van der Waals surface area contributed by atoms with Crippen LogP contribution >= 0.6 is 22.6 Å². The molecule has 6 heteroatoms. The third-order valence-electron chi connectivity index (χ3n) is 2.92. The molecular weight excluding hydrogens is 377 g/mol. The molecule has 1 rings (SSSR count). The summed E-state index contributed by atoms with van der Waals surface area (Å²) in [6.07, 6.45) is 2.52. The SMILES string of the molecule is CCCC(CCO)CNS(=O)(=O)c1ccc(I)cc1. The zero-order valence-electron chi connectivity index (χ0n) is 11.0. The Balaban J connectivity index is 2.66. The number of rotatable bonds is 8. The molecule has 0 saturated heterocycles. The molecule has 0 aliphatic rings. The van der Waals surface area contributed by atoms with Crippen molar-refractivity contribution in [2.24, 2.45) is 5.92 Å². The fourth-order valence-electron chi connectivity index (χ4n) is 1.86. The lowest BCUT2D eigenvalue weighted by Crippen LogP contribution is -2.29. The van der Waals surface area contributed by atoms with Gasteiger partial charge in [0.2, 0.25) is 10.0 Å². The van der Waals surface area contributed by atoms with Gasteiger partial charge in [0.05, 0.1) is 4.90 Å². The Hall–Kier alpha value is -0.180. The monoisotopic (exact) mass is 397 g/mol. The average Bonchev–Trinajstić information content (AvgIpc) is 2.37. The van der Waals surface area contributed by atoms with Crippen molar-refractivity contribution in [2.75, 3.05) is 13.2 Å². The summed E-state index contributed by atoms with van der Waals surface area (Å²) >= 11 is 2.14. The van der Waals surface area contributed by atoms with Crippen molar-refractivity contribution in [1.29, 1.82) is 0 Å². The molecule has 0 aliphatic heterocycles. The minimum atomic E-state index is -3.44. The van der Waals surface area contributed by atoms with Gasteiger partial charge >= 0.3 is 0 Å². The van der Waals surface area contributed by atoms with Crippen molar-refractivity contribution in [3.05, 3.63) is 27.8 Å². The maximum absolute atomic E-state index is 12.1. The second kappa shape index (κ2) is 8.18. The van der Waals surface area contributed by atoms with Gasteiger partial charge in [0.15, 0.2) is 0 Å². The van der Waals surface area contributed by atoms with Crippen LogP contribution in [0.1, 0.15) is 26.2 Å². The third-order valence-corrected chi connectivity index (χ3v) is 5.08. The van der Waals surface area contributed by atoms with Crippen LogP contribution < -0.4 is 4.72 Å². The standard InChI is InChI=1S/C13H20INO3S/c1-2-3-11(8-9-16)10-15-19(17,18)13-6-4-12(14)5-7-13/h4-7,11,15-16H,2-3,8-10H2,1H3. The van der Waals surface area contributed by atoms with E-state index in [9.17, 15) is 8.42 Å². The highest BCUT2D eigenvalue weighted by atomic mass is 127. The van der Waals surface area contributed by atoms with E-state index in [4.69, 9.17) is 5.11 Å². The quantitative estimate of drug-likeness (QED) is 0.662. The summed E-state index contributed by atoms with van der Waals surface area (Å²) in [4.78, 5) is 0.284. The molecule has 0 spiro atoms. The number of aliphatic hydroxyl groups is 1. The lowest BCUT2D eigenvalue weighted by Gasteiger charge is -2.15. The zero-order valence-corrected chi connectivity index (χ0v) is 13.9. The van der Waals surface area contributed by atoms with E-state index in [-0.39, 0.29) is 17.4 Å². The highest BCUT2D eigenvalue weighted by Gasteiger charge is 2.16. The Morgan fingerprint density at radius 3 is 2.42 bits per heavy atom. The molecular formula is C13H20INO3S. The summed E-state index contributed by atoms with van der Waals surface area (Å²) in [6.45, 7) is 2.52. The van der Waals surface area contributed by atoms with E-state index in [1.165, 1.54) is 0 Å². The highest BCUT2D eigenvalue weighted by molar-refractivity contribution is 14.1. The second-order valence-corrected chi connectivity index (χ2v) is 7.49. The minimum Gasteiger partial charge on any atom is -0.396 e. The number of benzene rings is 1. The number of halogens is 1. The van der Waals surface area contributed by atoms with Gasteiger partial charge in [-0.05, 0) is 65.6 Å². The van der Waals surface area contributed by atoms with Gasteiger partial charge in [0, 0.05) is 16.7 Å². The van der Waals surface area contributed by atoms with Crippen LogP contribution in [0.25, 0.3) is 0 Å². The number of sulfonamides is 1. The predicted octanol–water partition coefficient (Wildman–Crippen LogP) is 2.37. The highest BCUT2D eigenvalue weighted by Crippen LogP contribution is 2.14. The van der Waals surface area contributed by atoms with Crippen LogP contribution in [0.4, 0.5) is 0 Å². The number of hydrogen-bond donors (Lipinski definition) is 2. The Bertz CT molecular complexity index is 467. The largest absolute Gasteiger partial charge is 0.396 e. The van der Waals surface area contributed by atoms with Gasteiger partial charge in [-0.25, -0.2) is 13.1 Å². The molecule has 0 bridgehead atoms. The first-order valence-corrected chi connectivity index (χ1v) is 8.92. The Kier molecular flexibility index (Phi) is 7.27. The predicted molar refractivity (Wildman–Crippen MR) is 84.4 cm³/mol. The summed E-state index contributed by atoms with van der Waals surface area (Å²) < 4.78 is 27.8. The Morgan fingerprint density at radius 2 is 1.89 bits per heavy atom. The summed E-state index contributed by atoms with van der Waals surface area (Å²) in [5, 5.41) is 8.96. The number of hydrogen-bond acceptors (Lipinski definition) is 3. The fraction of sp³-hybridized carbons (Fsp3) is 0.538. The van der Waals surface area contributed by atoms with Crippen LogP contribution in [0.2, 0.25) is 0 Å². The van der Waals surface area contributed by atoms with E-state index in [1.54, 1.807) is 24.3 Å². The summed E-state index contributed by atoms with van der Waals surface area (Å²) in [6, 6.07) is 6.74. The first-order valence-electron chi connectivity index (χ1n) is 6.35. The van der Waals surface area contributed by atoms with Crippen LogP contribution in [0, 0.1) is 9.49 Å². The molecule has 0 fully saturated rings. The summed E-state index contributed by atoms with van der Waals surface area (Å²) in [5.41, 5.74) is 0. The molecule has 4 nitrogen and oxygen atoms in total. The molecule has 0 aliphatic carbocycles. The maximum atomic E-state index is 12.1. The zero-order chi connectivity index (χ0) is 14.3. The molecule has 0 amide bonds. The van der Waals surface area contributed by atoms with E-state index in [2.05, 4.69) is 34.2 Å². The Labute approximate surface area is 128 Å². The van der Waals surface area contributed by atoms with Crippen molar-refractivity contribution >= 4 is 32.6 Å². The van der Waals surface area contributed by atoms with Crippen molar-refractivity contribution in [3.63, 3.8) is 0 Å². The Morgan fingerprint density at radius 1 is 1.26 bits per heavy atom. The number of aliphatic hydroxyl groups excluding tert-OH is 1. The molecule has 2 N–H and O–H groups in total. The van der Waals surface area contributed by atoms with E-state index in [0.29, 0.717) is 13.0 Å². The average molecular weight is 397 g/mol. The van der Waals surface area contributed by atoms with Gasteiger partial charge in [-0.15, -0.1) is 0 Å². The van der Waals surface area contributed by atoms with Crippen molar-refractivity contribution in [3.8, 4) is 0 Å². The molecule has 19 heavy (non-hydrogen) atoms. The lowest BCUT2D eigenvalue weighted by atomic mass is 10.0. The fourth-order valence-corrected chi connectivity index (χ4v) is 3.34. The molecule has 0 aromatic heterocycles. The third kappa shape index (κ3) is 5.76. The van der Waals surface area contributed by atoms with Gasteiger partial charge in [-0.3, -0.25) is 0 Å². The smallest absolute Gasteiger partial charge is 0.240 e. The molecule has 1 atom stereocenters. The molecule has 1 aromatic carbocycles. The molecule has 0 radical (unpaired) electrons. The van der Waals surface area contributed by atoms with Crippen LogP contribution in [0.3, 0.4) is 0 Å². The van der Waals surface area contributed by atoms with Crippen LogP contribution in [-0.2, 0) is 10.0 Å². The van der Waals surface area contributed by atoms with Gasteiger partial charge in [0.1, 0.15) is 0 Å². The summed E-state index contributed by atoms with van der Waals surface area (Å²) in [7, 11) is -3.44. The van der Waals surface area contributed by atoms with Crippen molar-refractivity contribution in [2.45, 2.75) is 31.1 Å². The van der Waals surface area contributed by atoms with Gasteiger partial charge < -0.3 is 5.11 Å². The minimum absolute atomic E-state index is 0.0932. The van der Waals surface area contributed by atoms with Crippen molar-refractivity contribution < 1.29 is 13.5 Å². The van der Waals surface area contributed by atoms with Crippen LogP contribution in [-0.4, -0.2) is 26.7 Å². The summed E-state index contributed by atoms with van der Waals surface area (Å²) in [5.74, 6) is 0.189.